The summed E-state index contributed by atoms with van der Waals surface area (Å²) in [6.45, 7) is 0.587. The molecule has 6 atom stereocenters. The van der Waals surface area contributed by atoms with Gasteiger partial charge in [0.2, 0.25) is 0 Å². The van der Waals surface area contributed by atoms with Crippen LogP contribution in [0.5, 0.6) is 0 Å². The molecule has 2 aliphatic carbocycles. The zero-order valence-corrected chi connectivity index (χ0v) is 25.5. The molecule has 0 radical (unpaired) electrons. The molecular formula is C36H34N8O2. The maximum Gasteiger partial charge on any atom is 0.0956 e. The van der Waals surface area contributed by atoms with Crippen LogP contribution in [-0.2, 0) is 26.4 Å². The average molecular weight is 611 g/mol. The predicted octanol–water partition coefficient (Wildman–Crippen LogP) is 4.79. The molecule has 6 heterocycles. The van der Waals surface area contributed by atoms with E-state index in [0.29, 0.717) is 6.54 Å². The summed E-state index contributed by atoms with van der Waals surface area (Å²) in [4.78, 5) is 8.99. The second kappa shape index (κ2) is 9.60. The van der Waals surface area contributed by atoms with Crippen LogP contribution in [0.4, 0.5) is 0 Å². The number of aliphatic hydroxyl groups excluding tert-OH is 2. The van der Waals surface area contributed by atoms with Gasteiger partial charge in [0.05, 0.1) is 78.7 Å². The number of fused-ring (bicyclic) bond motifs is 8. The third kappa shape index (κ3) is 3.59. The fourth-order valence-corrected chi connectivity index (χ4v) is 9.14. The minimum atomic E-state index is -0.624. The van der Waals surface area contributed by atoms with Crippen molar-refractivity contribution in [2.75, 3.05) is 0 Å². The van der Waals surface area contributed by atoms with Crippen molar-refractivity contribution in [2.45, 2.75) is 56.5 Å². The molecule has 46 heavy (non-hydrogen) atoms. The maximum atomic E-state index is 11.9. The number of aliphatic hydroxyl groups is 2. The molecule has 10 rings (SSSR count). The van der Waals surface area contributed by atoms with Crippen molar-refractivity contribution < 1.29 is 10.2 Å². The summed E-state index contributed by atoms with van der Waals surface area (Å²) >= 11 is 0. The first-order chi connectivity index (χ1) is 22.5. The van der Waals surface area contributed by atoms with Gasteiger partial charge in [-0.1, -0.05) is 42.5 Å². The molecule has 6 aromatic rings. The number of benzene rings is 2. The van der Waals surface area contributed by atoms with E-state index in [2.05, 4.69) is 72.9 Å². The summed E-state index contributed by atoms with van der Waals surface area (Å²) in [6, 6.07) is 15.0. The van der Waals surface area contributed by atoms with Gasteiger partial charge in [0.15, 0.2) is 0 Å². The number of rotatable bonds is 4. The standard InChI is InChI=1S/C36H34N8O2/c1-41-16-26-28(39-41)11-9-25(35(26)45)34-23-8-4-5-20(32(23)31-14-38-19-44(31)34)15-42-17-27-29(40-42)12-10-24(36(27)46)33-22-7-3-2-6-21(22)30-13-37-18-43(30)33/h2-8,13-14,16-19,24-25,33-36,45-46H,9-12,15H2,1H3/t24-,25+,33+,34+,35+,36-/m0/s1. The van der Waals surface area contributed by atoms with Gasteiger partial charge >= 0.3 is 0 Å². The Morgan fingerprint density at radius 3 is 2.17 bits per heavy atom. The highest BCUT2D eigenvalue weighted by atomic mass is 16.3. The van der Waals surface area contributed by atoms with Crippen LogP contribution in [-0.4, -0.2) is 48.9 Å². The lowest BCUT2D eigenvalue weighted by Crippen LogP contribution is -2.28. The number of aryl methyl sites for hydroxylation is 3. The monoisotopic (exact) mass is 610 g/mol. The van der Waals surface area contributed by atoms with E-state index >= 15 is 0 Å². The van der Waals surface area contributed by atoms with Crippen molar-refractivity contribution in [1.29, 1.82) is 0 Å². The van der Waals surface area contributed by atoms with Gasteiger partial charge in [0, 0.05) is 53.5 Å². The third-order valence-electron chi connectivity index (χ3n) is 11.1. The van der Waals surface area contributed by atoms with Gasteiger partial charge < -0.3 is 19.3 Å². The number of imidazole rings is 2. The highest BCUT2D eigenvalue weighted by Crippen LogP contribution is 2.52. The topological polar surface area (TPSA) is 112 Å². The van der Waals surface area contributed by atoms with Crippen LogP contribution in [0.15, 0.2) is 79.9 Å². The largest absolute Gasteiger partial charge is 0.388 e. The van der Waals surface area contributed by atoms with E-state index in [1.807, 2.05) is 47.7 Å². The van der Waals surface area contributed by atoms with Gasteiger partial charge in [-0.3, -0.25) is 9.36 Å². The van der Waals surface area contributed by atoms with Gasteiger partial charge in [0.25, 0.3) is 0 Å². The first-order valence-corrected chi connectivity index (χ1v) is 16.2. The molecule has 0 saturated carbocycles. The Morgan fingerprint density at radius 1 is 0.717 bits per heavy atom. The Bertz CT molecular complexity index is 2150. The first kappa shape index (κ1) is 26.4. The number of hydrogen-bond donors (Lipinski definition) is 2. The SMILES string of the molecule is Cn1cc2c(n1)CC[C@H]([C@H]1c3cccc(Cn4cc5c(n4)CC[C@@H]([C@H]4c6ccccc6-c6cncn64)[C@@H]5O)c3-c3cncn31)[C@H]2O. The molecule has 0 unspecified atom stereocenters. The van der Waals surface area contributed by atoms with E-state index in [4.69, 9.17) is 5.10 Å². The predicted molar refractivity (Wildman–Crippen MR) is 170 cm³/mol. The van der Waals surface area contributed by atoms with E-state index < -0.39 is 12.2 Å². The molecule has 0 fully saturated rings. The molecule has 10 heteroatoms. The fourth-order valence-electron chi connectivity index (χ4n) is 9.14. The molecule has 0 amide bonds. The summed E-state index contributed by atoms with van der Waals surface area (Å²) in [5.41, 5.74) is 12.1. The Labute approximate surface area is 265 Å². The zero-order valence-electron chi connectivity index (χ0n) is 25.5. The van der Waals surface area contributed by atoms with Crippen molar-refractivity contribution in [3.8, 4) is 22.5 Å². The molecule has 4 aliphatic rings. The Balaban J connectivity index is 0.974. The quantitative estimate of drug-likeness (QED) is 0.297. The summed E-state index contributed by atoms with van der Waals surface area (Å²) in [5.74, 6) is 0.0436. The summed E-state index contributed by atoms with van der Waals surface area (Å²) in [6.07, 6.45) is 13.9. The summed E-state index contributed by atoms with van der Waals surface area (Å²) in [7, 11) is 1.92. The molecule has 230 valence electrons. The van der Waals surface area contributed by atoms with Gasteiger partial charge in [-0.15, -0.1) is 0 Å². The van der Waals surface area contributed by atoms with Crippen LogP contribution < -0.4 is 0 Å². The van der Waals surface area contributed by atoms with Gasteiger partial charge in [-0.2, -0.15) is 10.2 Å². The van der Waals surface area contributed by atoms with E-state index in [0.717, 1.165) is 65.1 Å². The molecular weight excluding hydrogens is 576 g/mol. The fraction of sp³-hybridized carbons (Fsp3) is 0.333. The van der Waals surface area contributed by atoms with Crippen LogP contribution in [0.3, 0.4) is 0 Å². The molecule has 4 aromatic heterocycles. The van der Waals surface area contributed by atoms with Crippen molar-refractivity contribution in [3.05, 3.63) is 119 Å². The lowest BCUT2D eigenvalue weighted by atomic mass is 9.78. The normalized spacial score (nSPS) is 25.5. The van der Waals surface area contributed by atoms with Gasteiger partial charge in [-0.25, -0.2) is 9.97 Å². The smallest absolute Gasteiger partial charge is 0.0956 e. The lowest BCUT2D eigenvalue weighted by Gasteiger charge is -2.33. The van der Waals surface area contributed by atoms with Crippen molar-refractivity contribution in [1.82, 2.24) is 38.7 Å². The molecule has 2 aromatic carbocycles. The first-order valence-electron chi connectivity index (χ1n) is 16.2. The Hall–Kier alpha value is -4.80. The van der Waals surface area contributed by atoms with E-state index in [1.54, 1.807) is 0 Å². The molecule has 0 saturated heterocycles. The van der Waals surface area contributed by atoms with Crippen molar-refractivity contribution in [2.24, 2.45) is 18.9 Å². The molecule has 10 nitrogen and oxygen atoms in total. The Kier molecular flexibility index (Phi) is 5.52. The summed E-state index contributed by atoms with van der Waals surface area (Å²) in [5, 5.41) is 33.0. The van der Waals surface area contributed by atoms with E-state index in [1.165, 1.54) is 22.3 Å². The molecule has 2 N–H and O–H groups in total. The maximum absolute atomic E-state index is 11.9. The molecule has 2 aliphatic heterocycles. The highest BCUT2D eigenvalue weighted by molar-refractivity contribution is 5.73. The number of nitrogens with zero attached hydrogens (tertiary/aromatic N) is 8. The van der Waals surface area contributed by atoms with Crippen molar-refractivity contribution >= 4 is 0 Å². The van der Waals surface area contributed by atoms with Crippen LogP contribution in [0.25, 0.3) is 22.5 Å². The average Bonchev–Trinajstić information content (AvgIpc) is 3.89. The zero-order chi connectivity index (χ0) is 30.7. The van der Waals surface area contributed by atoms with Crippen molar-refractivity contribution in [3.63, 3.8) is 0 Å². The summed E-state index contributed by atoms with van der Waals surface area (Å²) < 4.78 is 8.29. The third-order valence-corrected chi connectivity index (χ3v) is 11.1. The van der Waals surface area contributed by atoms with Gasteiger partial charge in [-0.05, 0) is 42.4 Å². The van der Waals surface area contributed by atoms with Crippen LogP contribution >= 0.6 is 0 Å². The van der Waals surface area contributed by atoms with Crippen LogP contribution in [0, 0.1) is 11.8 Å². The van der Waals surface area contributed by atoms with E-state index in [9.17, 15) is 10.2 Å². The van der Waals surface area contributed by atoms with Gasteiger partial charge in [0.1, 0.15) is 0 Å². The number of aromatic nitrogens is 8. The minimum absolute atomic E-state index is 0.00781. The van der Waals surface area contributed by atoms with Crippen LogP contribution in [0.1, 0.15) is 76.3 Å². The Morgan fingerprint density at radius 2 is 1.37 bits per heavy atom. The second-order valence-corrected chi connectivity index (χ2v) is 13.5. The minimum Gasteiger partial charge on any atom is -0.388 e. The molecule has 0 spiro atoms. The second-order valence-electron chi connectivity index (χ2n) is 13.5. The lowest BCUT2D eigenvalue weighted by molar-refractivity contribution is 0.0716. The van der Waals surface area contributed by atoms with E-state index in [-0.39, 0.29) is 23.9 Å². The molecule has 0 bridgehead atoms. The van der Waals surface area contributed by atoms with Crippen LogP contribution in [0.2, 0.25) is 0 Å². The number of hydrogen-bond acceptors (Lipinski definition) is 6. The highest BCUT2D eigenvalue weighted by Gasteiger charge is 2.43.